The van der Waals surface area contributed by atoms with Gasteiger partial charge in [-0.2, -0.15) is 5.10 Å². The molecular formula is C31H29N5O4. The first-order valence-electron chi connectivity index (χ1n) is 13.7. The number of nitrogens with zero attached hydrogens (tertiary/aromatic N) is 3. The van der Waals surface area contributed by atoms with Crippen LogP contribution >= 0.6 is 0 Å². The van der Waals surface area contributed by atoms with Crippen molar-refractivity contribution in [2.24, 2.45) is 5.92 Å². The van der Waals surface area contributed by atoms with Gasteiger partial charge < -0.3 is 15.0 Å². The van der Waals surface area contributed by atoms with Crippen molar-refractivity contribution in [2.75, 3.05) is 13.2 Å². The predicted octanol–water partition coefficient (Wildman–Crippen LogP) is 4.20. The number of rotatable bonds is 8. The van der Waals surface area contributed by atoms with Crippen LogP contribution in [0, 0.1) is 5.92 Å². The van der Waals surface area contributed by atoms with Gasteiger partial charge in [0, 0.05) is 24.0 Å². The molecule has 3 aliphatic rings. The van der Waals surface area contributed by atoms with Crippen LogP contribution in [0.5, 0.6) is 5.75 Å². The van der Waals surface area contributed by atoms with E-state index in [9.17, 15) is 14.4 Å². The van der Waals surface area contributed by atoms with E-state index in [1.54, 1.807) is 11.0 Å². The van der Waals surface area contributed by atoms with Crippen LogP contribution in [0.15, 0.2) is 66.9 Å². The van der Waals surface area contributed by atoms with Crippen LogP contribution in [0.2, 0.25) is 0 Å². The van der Waals surface area contributed by atoms with Crippen molar-refractivity contribution in [3.05, 3.63) is 83.6 Å². The van der Waals surface area contributed by atoms with E-state index in [0.717, 1.165) is 40.1 Å². The number of carbonyl (C=O) groups is 3. The second-order valence-corrected chi connectivity index (χ2v) is 10.8. The molecule has 0 radical (unpaired) electrons. The van der Waals surface area contributed by atoms with E-state index < -0.39 is 17.5 Å². The Bertz CT molecular complexity index is 1670. The maximum absolute atomic E-state index is 13.3. The molecule has 202 valence electrons. The first-order chi connectivity index (χ1) is 19.4. The van der Waals surface area contributed by atoms with Gasteiger partial charge in [-0.25, -0.2) is 4.79 Å². The largest absolute Gasteiger partial charge is 0.494 e. The Morgan fingerprint density at radius 1 is 1.00 bits per heavy atom. The number of fused-ring (bicyclic) bond motifs is 2. The lowest BCUT2D eigenvalue weighted by Crippen LogP contribution is -2.52. The van der Waals surface area contributed by atoms with E-state index in [4.69, 9.17) is 4.74 Å². The van der Waals surface area contributed by atoms with Crippen molar-refractivity contribution in [3.63, 3.8) is 0 Å². The average Bonchev–Trinajstić information content (AvgIpc) is 3.52. The number of urea groups is 1. The highest BCUT2D eigenvalue weighted by Gasteiger charge is 2.50. The molecule has 1 atom stereocenters. The maximum atomic E-state index is 13.3. The standard InChI is InChI=1S/C31H29N5O4/c1-2-40-25-11-7-22-17-35(28(37)26(22)14-25)18-31(29(38)33-30(39)34-31)24-9-5-20(6-10-24)21-8-12-27-23(13-21)15-32-36(27)16-19-3-4-19/h5-15,19H,2-4,16-18H2,1H3,(H2,33,34,38,39)/t31-/m0/s1. The summed E-state index contributed by atoms with van der Waals surface area (Å²) >= 11 is 0. The molecule has 4 aromatic rings. The molecule has 1 aliphatic carbocycles. The molecule has 3 aromatic carbocycles. The van der Waals surface area contributed by atoms with Crippen LogP contribution in [0.1, 0.15) is 41.3 Å². The molecule has 9 heteroatoms. The zero-order chi connectivity index (χ0) is 27.4. The summed E-state index contributed by atoms with van der Waals surface area (Å²) in [6.07, 6.45) is 4.46. The third kappa shape index (κ3) is 4.09. The summed E-state index contributed by atoms with van der Waals surface area (Å²) in [5, 5.41) is 10.9. The molecule has 1 saturated carbocycles. The Kier molecular flexibility index (Phi) is 5.62. The number of imide groups is 1. The molecule has 0 spiro atoms. The van der Waals surface area contributed by atoms with E-state index in [1.807, 2.05) is 49.5 Å². The minimum absolute atomic E-state index is 0.00748. The van der Waals surface area contributed by atoms with Crippen molar-refractivity contribution in [2.45, 2.75) is 38.4 Å². The molecule has 4 amide bonds. The fourth-order valence-corrected chi connectivity index (χ4v) is 5.81. The van der Waals surface area contributed by atoms with Crippen molar-refractivity contribution in [1.29, 1.82) is 0 Å². The minimum atomic E-state index is -1.40. The smallest absolute Gasteiger partial charge is 0.322 e. The van der Waals surface area contributed by atoms with Gasteiger partial charge in [0.25, 0.3) is 11.8 Å². The van der Waals surface area contributed by atoms with Crippen LogP contribution < -0.4 is 15.4 Å². The average molecular weight is 536 g/mol. The van der Waals surface area contributed by atoms with Gasteiger partial charge in [0.1, 0.15) is 5.75 Å². The second kappa shape index (κ2) is 9.22. The summed E-state index contributed by atoms with van der Waals surface area (Å²) in [7, 11) is 0. The SMILES string of the molecule is CCOc1ccc2c(c1)C(=O)N(C[C@@]1(c3ccc(-c4ccc5c(cnn5CC5CC5)c4)cc3)NC(=O)NC1=O)C2. The first kappa shape index (κ1) is 24.4. The Balaban J connectivity index is 1.16. The van der Waals surface area contributed by atoms with Crippen molar-refractivity contribution in [1.82, 2.24) is 25.3 Å². The highest BCUT2D eigenvalue weighted by Crippen LogP contribution is 2.35. The molecule has 9 nitrogen and oxygen atoms in total. The molecule has 0 bridgehead atoms. The van der Waals surface area contributed by atoms with Crippen LogP contribution in [0.25, 0.3) is 22.0 Å². The van der Waals surface area contributed by atoms with Gasteiger partial charge in [0.2, 0.25) is 0 Å². The Hall–Kier alpha value is -4.66. The van der Waals surface area contributed by atoms with Crippen molar-refractivity contribution < 1.29 is 19.1 Å². The van der Waals surface area contributed by atoms with Gasteiger partial charge in [-0.1, -0.05) is 36.4 Å². The highest BCUT2D eigenvalue weighted by atomic mass is 16.5. The molecule has 3 heterocycles. The Labute approximate surface area is 231 Å². The molecular weight excluding hydrogens is 506 g/mol. The highest BCUT2D eigenvalue weighted by molar-refractivity contribution is 6.08. The van der Waals surface area contributed by atoms with Gasteiger partial charge in [0.05, 0.1) is 24.9 Å². The number of nitrogens with one attached hydrogen (secondary N) is 2. The summed E-state index contributed by atoms with van der Waals surface area (Å²) in [6.45, 7) is 3.71. The van der Waals surface area contributed by atoms with E-state index in [1.165, 1.54) is 12.8 Å². The third-order valence-electron chi connectivity index (χ3n) is 8.12. The number of amides is 4. The first-order valence-corrected chi connectivity index (χ1v) is 13.7. The monoisotopic (exact) mass is 535 g/mol. The Morgan fingerprint density at radius 3 is 2.52 bits per heavy atom. The van der Waals surface area contributed by atoms with Crippen LogP contribution in [-0.2, 0) is 23.4 Å². The molecule has 1 saturated heterocycles. The minimum Gasteiger partial charge on any atom is -0.494 e. The van der Waals surface area contributed by atoms with Gasteiger partial charge in [-0.3, -0.25) is 19.6 Å². The summed E-state index contributed by atoms with van der Waals surface area (Å²) < 4.78 is 7.65. The molecule has 1 aromatic heterocycles. The number of hydrogen-bond donors (Lipinski definition) is 2. The second-order valence-electron chi connectivity index (χ2n) is 10.8. The molecule has 40 heavy (non-hydrogen) atoms. The quantitative estimate of drug-likeness (QED) is 0.329. The normalized spacial score (nSPS) is 20.1. The van der Waals surface area contributed by atoms with Gasteiger partial charge >= 0.3 is 6.03 Å². The number of hydrogen-bond acceptors (Lipinski definition) is 5. The lowest BCUT2D eigenvalue weighted by Gasteiger charge is -2.31. The van der Waals surface area contributed by atoms with Crippen LogP contribution in [0.4, 0.5) is 4.79 Å². The van der Waals surface area contributed by atoms with Gasteiger partial charge in [0.15, 0.2) is 5.54 Å². The molecule has 2 N–H and O–H groups in total. The number of aromatic nitrogens is 2. The van der Waals surface area contributed by atoms with Crippen molar-refractivity contribution >= 4 is 28.7 Å². The lowest BCUT2D eigenvalue weighted by molar-refractivity contribution is -0.124. The third-order valence-corrected chi connectivity index (χ3v) is 8.12. The Morgan fingerprint density at radius 2 is 1.80 bits per heavy atom. The molecule has 2 aliphatic heterocycles. The number of benzene rings is 3. The van der Waals surface area contributed by atoms with E-state index >= 15 is 0 Å². The van der Waals surface area contributed by atoms with E-state index in [0.29, 0.717) is 30.0 Å². The number of carbonyl (C=O) groups excluding carboxylic acids is 3. The van der Waals surface area contributed by atoms with Gasteiger partial charge in [-0.05, 0) is 72.2 Å². The van der Waals surface area contributed by atoms with Crippen LogP contribution in [0.3, 0.4) is 0 Å². The lowest BCUT2D eigenvalue weighted by atomic mass is 9.88. The van der Waals surface area contributed by atoms with Gasteiger partial charge in [-0.15, -0.1) is 0 Å². The van der Waals surface area contributed by atoms with E-state index in [-0.39, 0.29) is 12.5 Å². The predicted molar refractivity (Wildman–Crippen MR) is 149 cm³/mol. The summed E-state index contributed by atoms with van der Waals surface area (Å²) in [5.74, 6) is 0.695. The topological polar surface area (TPSA) is 106 Å². The fourth-order valence-electron chi connectivity index (χ4n) is 5.81. The summed E-state index contributed by atoms with van der Waals surface area (Å²) in [6, 6.07) is 18.8. The summed E-state index contributed by atoms with van der Waals surface area (Å²) in [5.41, 5.74) is 3.77. The maximum Gasteiger partial charge on any atom is 0.322 e. The molecule has 2 fully saturated rings. The zero-order valence-corrected chi connectivity index (χ0v) is 22.1. The zero-order valence-electron chi connectivity index (χ0n) is 22.1. The fraction of sp³-hybridized carbons (Fsp3) is 0.290. The van der Waals surface area contributed by atoms with E-state index in [2.05, 4.69) is 38.6 Å². The van der Waals surface area contributed by atoms with Crippen molar-refractivity contribution in [3.8, 4) is 16.9 Å². The molecule has 0 unspecified atom stereocenters. The summed E-state index contributed by atoms with van der Waals surface area (Å²) in [4.78, 5) is 40.5. The molecule has 7 rings (SSSR count). The number of ether oxygens (including phenoxy) is 1. The van der Waals surface area contributed by atoms with Crippen LogP contribution in [-0.4, -0.2) is 45.7 Å².